The topological polar surface area (TPSA) is 97.5 Å². The Bertz CT molecular complexity index is 254. The van der Waals surface area contributed by atoms with Crippen LogP contribution >= 0.6 is 0 Å². The van der Waals surface area contributed by atoms with Crippen molar-refractivity contribution < 1.29 is 0 Å². The molecule has 0 spiro atoms. The van der Waals surface area contributed by atoms with Crippen molar-refractivity contribution in [1.82, 2.24) is 0 Å². The van der Waals surface area contributed by atoms with Gasteiger partial charge >= 0.3 is 0 Å². The average molecular weight is 148 g/mol. The fourth-order valence-corrected chi connectivity index (χ4v) is 0.396. The lowest BCUT2D eigenvalue weighted by atomic mass is 10.2. The van der Waals surface area contributed by atoms with E-state index in [2.05, 4.69) is 0 Å². The summed E-state index contributed by atoms with van der Waals surface area (Å²) < 4.78 is 0. The Hall–Kier alpha value is -1.89. The average Bonchev–Trinajstić information content (AvgIpc) is 2.00. The molecule has 0 aromatic rings. The number of nitrogens with one attached hydrogen (secondary N) is 2. The molecule has 0 saturated carbocycles. The Labute approximate surface area is 64.7 Å². The first-order chi connectivity index (χ1) is 5.22. The summed E-state index contributed by atoms with van der Waals surface area (Å²) >= 11 is 0. The molecular formula is C7H8N4. The van der Waals surface area contributed by atoms with Crippen molar-refractivity contribution in [1.29, 1.82) is 16.1 Å². The third-order valence-corrected chi connectivity index (χ3v) is 0.878. The summed E-state index contributed by atoms with van der Waals surface area (Å²) in [6.45, 7) is 0. The van der Waals surface area contributed by atoms with Gasteiger partial charge in [-0.3, -0.25) is 10.8 Å². The van der Waals surface area contributed by atoms with Gasteiger partial charge in [-0.25, -0.2) is 0 Å². The van der Waals surface area contributed by atoms with Gasteiger partial charge in [0, 0.05) is 6.08 Å². The molecule has 0 aliphatic heterocycles. The van der Waals surface area contributed by atoms with Crippen molar-refractivity contribution in [3.05, 3.63) is 24.4 Å². The smallest absolute Gasteiger partial charge is 0.0912 e. The third kappa shape index (κ3) is 3.65. The molecule has 4 nitrogen and oxygen atoms in total. The Kier molecular flexibility index (Phi) is 4.09. The van der Waals surface area contributed by atoms with E-state index in [4.69, 9.17) is 21.8 Å². The maximum absolute atomic E-state index is 8.08. The minimum absolute atomic E-state index is 0.0148. The molecule has 0 aliphatic carbocycles. The van der Waals surface area contributed by atoms with Crippen LogP contribution < -0.4 is 5.73 Å². The van der Waals surface area contributed by atoms with Gasteiger partial charge in [-0.2, -0.15) is 5.26 Å². The van der Waals surface area contributed by atoms with Crippen LogP contribution in [0.15, 0.2) is 24.4 Å². The highest BCUT2D eigenvalue weighted by molar-refractivity contribution is 6.48. The van der Waals surface area contributed by atoms with Crippen LogP contribution in [0.5, 0.6) is 0 Å². The number of hydrogen-bond acceptors (Lipinski definition) is 4. The van der Waals surface area contributed by atoms with Crippen LogP contribution in [-0.2, 0) is 0 Å². The Balaban J connectivity index is 4.18. The van der Waals surface area contributed by atoms with Crippen molar-refractivity contribution in [2.75, 3.05) is 0 Å². The molecule has 0 rings (SSSR count). The van der Waals surface area contributed by atoms with Gasteiger partial charge in [0.1, 0.15) is 0 Å². The van der Waals surface area contributed by atoms with Crippen LogP contribution in [0.25, 0.3) is 0 Å². The van der Waals surface area contributed by atoms with E-state index < -0.39 is 0 Å². The summed E-state index contributed by atoms with van der Waals surface area (Å²) in [6, 6.07) is 1.72. The lowest BCUT2D eigenvalue weighted by Gasteiger charge is -1.90. The predicted molar refractivity (Wildman–Crippen MR) is 43.5 cm³/mol. The fraction of sp³-hybridized carbons (Fsp3) is 0. The van der Waals surface area contributed by atoms with E-state index in [1.807, 2.05) is 0 Å². The molecule has 4 N–H and O–H groups in total. The van der Waals surface area contributed by atoms with Crippen molar-refractivity contribution >= 4 is 11.4 Å². The van der Waals surface area contributed by atoms with E-state index >= 15 is 0 Å². The van der Waals surface area contributed by atoms with Crippen LogP contribution in [0.1, 0.15) is 0 Å². The zero-order valence-electron chi connectivity index (χ0n) is 5.83. The molecule has 0 saturated heterocycles. The SMILES string of the molecule is N#C/C=C/C(=N)C(=N)/C=C/N. The van der Waals surface area contributed by atoms with Gasteiger partial charge in [-0.15, -0.1) is 0 Å². The van der Waals surface area contributed by atoms with E-state index in [1.54, 1.807) is 6.07 Å². The number of allylic oxidation sites excluding steroid dienone is 3. The summed E-state index contributed by atoms with van der Waals surface area (Å²) in [5, 5.41) is 22.3. The minimum Gasteiger partial charge on any atom is -0.405 e. The van der Waals surface area contributed by atoms with Crippen LogP contribution in [0.4, 0.5) is 0 Å². The summed E-state index contributed by atoms with van der Waals surface area (Å²) in [5.74, 6) is 0. The highest BCUT2D eigenvalue weighted by Gasteiger charge is 1.93. The first-order valence-corrected chi connectivity index (χ1v) is 2.84. The summed E-state index contributed by atoms with van der Waals surface area (Å²) in [6.07, 6.45) is 4.84. The van der Waals surface area contributed by atoms with Crippen LogP contribution in [-0.4, -0.2) is 11.4 Å². The highest BCUT2D eigenvalue weighted by atomic mass is 14.5. The number of nitrogens with two attached hydrogens (primary N) is 1. The lowest BCUT2D eigenvalue weighted by Crippen LogP contribution is -2.05. The number of rotatable bonds is 3. The molecule has 0 aromatic carbocycles. The predicted octanol–water partition coefficient (Wildman–Crippen LogP) is 0.578. The van der Waals surface area contributed by atoms with E-state index in [-0.39, 0.29) is 11.4 Å². The lowest BCUT2D eigenvalue weighted by molar-refractivity contribution is 1.48. The monoisotopic (exact) mass is 148 g/mol. The molecule has 0 fully saturated rings. The molecule has 0 amide bonds. The van der Waals surface area contributed by atoms with E-state index in [1.165, 1.54) is 18.4 Å². The molecule has 0 bridgehead atoms. The van der Waals surface area contributed by atoms with Gasteiger partial charge in [0.2, 0.25) is 0 Å². The van der Waals surface area contributed by atoms with Gasteiger partial charge in [-0.05, 0) is 18.4 Å². The van der Waals surface area contributed by atoms with E-state index in [9.17, 15) is 0 Å². The summed E-state index contributed by atoms with van der Waals surface area (Å²) in [5.41, 5.74) is 4.94. The first-order valence-electron chi connectivity index (χ1n) is 2.84. The standard InChI is InChI=1S/C7H8N4/c8-4-1-2-6(10)7(11)3-5-9/h1-3,5,10-11H,9H2/b2-1+,5-3+,10-6?,11-7?. The first kappa shape index (κ1) is 9.11. The molecule has 0 unspecified atom stereocenters. The highest BCUT2D eigenvalue weighted by Crippen LogP contribution is 1.83. The van der Waals surface area contributed by atoms with Crippen molar-refractivity contribution in [2.24, 2.45) is 5.73 Å². The molecule has 0 heterocycles. The third-order valence-electron chi connectivity index (χ3n) is 0.878. The second-order valence-corrected chi connectivity index (χ2v) is 1.65. The number of nitriles is 1. The van der Waals surface area contributed by atoms with Crippen molar-refractivity contribution in [2.45, 2.75) is 0 Å². The zero-order valence-corrected chi connectivity index (χ0v) is 5.83. The van der Waals surface area contributed by atoms with Crippen LogP contribution in [0.2, 0.25) is 0 Å². The van der Waals surface area contributed by atoms with Crippen molar-refractivity contribution in [3.63, 3.8) is 0 Å². The molecule has 4 heteroatoms. The maximum atomic E-state index is 8.08. The molecule has 0 atom stereocenters. The van der Waals surface area contributed by atoms with Crippen molar-refractivity contribution in [3.8, 4) is 6.07 Å². The second-order valence-electron chi connectivity index (χ2n) is 1.65. The Morgan fingerprint density at radius 3 is 2.27 bits per heavy atom. The summed E-state index contributed by atoms with van der Waals surface area (Å²) in [7, 11) is 0. The quantitative estimate of drug-likeness (QED) is 0.403. The molecule has 56 valence electrons. The zero-order chi connectivity index (χ0) is 8.69. The van der Waals surface area contributed by atoms with Gasteiger partial charge in [-0.1, -0.05) is 0 Å². The maximum Gasteiger partial charge on any atom is 0.0912 e. The van der Waals surface area contributed by atoms with E-state index in [0.29, 0.717) is 0 Å². The van der Waals surface area contributed by atoms with Gasteiger partial charge in [0.15, 0.2) is 0 Å². The van der Waals surface area contributed by atoms with Gasteiger partial charge in [0.05, 0.1) is 17.5 Å². The summed E-state index contributed by atoms with van der Waals surface area (Å²) in [4.78, 5) is 0. The van der Waals surface area contributed by atoms with Crippen LogP contribution in [0.3, 0.4) is 0 Å². The van der Waals surface area contributed by atoms with Crippen LogP contribution in [0, 0.1) is 22.1 Å². The normalized spacial score (nSPS) is 10.1. The molecule has 0 aromatic heterocycles. The molecule has 0 radical (unpaired) electrons. The van der Waals surface area contributed by atoms with E-state index in [0.717, 1.165) is 6.08 Å². The van der Waals surface area contributed by atoms with Gasteiger partial charge < -0.3 is 5.73 Å². The second kappa shape index (κ2) is 4.94. The Morgan fingerprint density at radius 2 is 1.82 bits per heavy atom. The minimum atomic E-state index is -0.0340. The number of hydrogen-bond donors (Lipinski definition) is 3. The molecular weight excluding hydrogens is 140 g/mol. The fourth-order valence-electron chi connectivity index (χ4n) is 0.396. The largest absolute Gasteiger partial charge is 0.405 e. The van der Waals surface area contributed by atoms with Gasteiger partial charge in [0.25, 0.3) is 0 Å². The Morgan fingerprint density at radius 1 is 1.27 bits per heavy atom. The molecule has 11 heavy (non-hydrogen) atoms. The molecule has 0 aliphatic rings. The number of nitrogens with zero attached hydrogens (tertiary/aromatic N) is 1.